The van der Waals surface area contributed by atoms with E-state index in [4.69, 9.17) is 5.26 Å². The number of aryl methyl sites for hydroxylation is 1. The molecule has 2 aromatic heterocycles. The Morgan fingerprint density at radius 1 is 1.43 bits per heavy atom. The lowest BCUT2D eigenvalue weighted by Crippen LogP contribution is -2.11. The van der Waals surface area contributed by atoms with E-state index in [1.807, 2.05) is 13.2 Å². The van der Waals surface area contributed by atoms with Gasteiger partial charge in [0.15, 0.2) is 6.19 Å². The summed E-state index contributed by atoms with van der Waals surface area (Å²) in [5, 5.41) is 15.8. The molecule has 21 heavy (non-hydrogen) atoms. The van der Waals surface area contributed by atoms with E-state index in [0.717, 1.165) is 16.8 Å². The van der Waals surface area contributed by atoms with Gasteiger partial charge in [-0.25, -0.2) is 9.97 Å². The molecular formula is C13H13N7O. The molecule has 0 aliphatic carbocycles. The first-order valence-electron chi connectivity index (χ1n) is 6.38. The van der Waals surface area contributed by atoms with Gasteiger partial charge in [0.1, 0.15) is 0 Å². The summed E-state index contributed by atoms with van der Waals surface area (Å²) in [4.78, 5) is 21.5. The molecule has 106 valence electrons. The molecular weight excluding hydrogens is 270 g/mol. The minimum atomic E-state index is -0.234. The van der Waals surface area contributed by atoms with Crippen LogP contribution in [0.15, 0.2) is 12.4 Å². The molecule has 0 spiro atoms. The predicted molar refractivity (Wildman–Crippen MR) is 73.4 cm³/mol. The van der Waals surface area contributed by atoms with Gasteiger partial charge in [-0.05, 0) is 0 Å². The van der Waals surface area contributed by atoms with Crippen molar-refractivity contribution in [3.8, 4) is 17.5 Å². The molecule has 0 fully saturated rings. The highest BCUT2D eigenvalue weighted by molar-refractivity contribution is 5.87. The van der Waals surface area contributed by atoms with E-state index in [1.54, 1.807) is 15.8 Å². The van der Waals surface area contributed by atoms with Crippen LogP contribution in [0.2, 0.25) is 0 Å². The number of nitrogens with one attached hydrogen (secondary N) is 1. The van der Waals surface area contributed by atoms with Crippen molar-refractivity contribution < 1.29 is 4.79 Å². The van der Waals surface area contributed by atoms with E-state index in [-0.39, 0.29) is 11.9 Å². The first kappa shape index (κ1) is 13.1. The number of nitriles is 1. The average Bonchev–Trinajstić information content (AvgIpc) is 3.02. The molecule has 3 rings (SSSR count). The number of carbonyl (C=O) groups excluding carboxylic acids is 1. The third-order valence-corrected chi connectivity index (χ3v) is 3.19. The van der Waals surface area contributed by atoms with Gasteiger partial charge in [-0.15, -0.1) is 0 Å². The van der Waals surface area contributed by atoms with Crippen LogP contribution >= 0.6 is 0 Å². The number of carbonyl (C=O) groups is 1. The molecule has 2 aromatic rings. The molecule has 0 radical (unpaired) electrons. The molecule has 0 saturated carbocycles. The SMILES string of the molecule is CC(=O)Nc1nc2c(c(-c3cnn(C)c3)n1)CN(C#N)C2. The van der Waals surface area contributed by atoms with Crippen molar-refractivity contribution in [3.05, 3.63) is 23.7 Å². The Morgan fingerprint density at radius 3 is 2.86 bits per heavy atom. The Balaban J connectivity index is 2.11. The van der Waals surface area contributed by atoms with Gasteiger partial charge >= 0.3 is 0 Å². The summed E-state index contributed by atoms with van der Waals surface area (Å²) in [6, 6.07) is 0. The summed E-state index contributed by atoms with van der Waals surface area (Å²) < 4.78 is 1.68. The lowest BCUT2D eigenvalue weighted by atomic mass is 10.1. The fourth-order valence-electron chi connectivity index (χ4n) is 2.32. The minimum Gasteiger partial charge on any atom is -0.300 e. The lowest BCUT2D eigenvalue weighted by Gasteiger charge is -2.07. The summed E-state index contributed by atoms with van der Waals surface area (Å²) in [5.74, 6) is 0.0158. The molecule has 0 unspecified atom stereocenters. The second kappa shape index (κ2) is 4.86. The van der Waals surface area contributed by atoms with Crippen LogP contribution in [0.25, 0.3) is 11.3 Å². The van der Waals surface area contributed by atoms with Crippen LogP contribution in [0.4, 0.5) is 5.95 Å². The number of amides is 1. The summed E-state index contributed by atoms with van der Waals surface area (Å²) >= 11 is 0. The van der Waals surface area contributed by atoms with Gasteiger partial charge in [0.25, 0.3) is 0 Å². The molecule has 1 N–H and O–H groups in total. The van der Waals surface area contributed by atoms with Crippen LogP contribution in [-0.2, 0) is 24.9 Å². The highest BCUT2D eigenvalue weighted by atomic mass is 16.1. The molecule has 3 heterocycles. The molecule has 1 aliphatic heterocycles. The molecule has 0 bridgehead atoms. The smallest absolute Gasteiger partial charge is 0.230 e. The Labute approximate surface area is 121 Å². The molecule has 0 atom stereocenters. The van der Waals surface area contributed by atoms with Crippen LogP contribution in [0.1, 0.15) is 18.2 Å². The van der Waals surface area contributed by atoms with Crippen molar-refractivity contribution in [3.63, 3.8) is 0 Å². The number of hydrogen-bond donors (Lipinski definition) is 1. The second-order valence-corrected chi connectivity index (χ2v) is 4.86. The van der Waals surface area contributed by atoms with Crippen molar-refractivity contribution >= 4 is 11.9 Å². The fourth-order valence-corrected chi connectivity index (χ4v) is 2.32. The van der Waals surface area contributed by atoms with Crippen LogP contribution in [0.3, 0.4) is 0 Å². The van der Waals surface area contributed by atoms with E-state index in [2.05, 4.69) is 26.6 Å². The number of nitrogens with zero attached hydrogens (tertiary/aromatic N) is 6. The standard InChI is InChI=1S/C13H13N7O/c1-8(21)16-13-17-11-6-20(7-14)5-10(11)12(18-13)9-3-15-19(2)4-9/h3-4H,5-6H2,1-2H3,(H,16,17,18,21). The van der Waals surface area contributed by atoms with E-state index in [9.17, 15) is 4.79 Å². The van der Waals surface area contributed by atoms with Gasteiger partial charge in [0.05, 0.1) is 30.7 Å². The maximum absolute atomic E-state index is 11.2. The van der Waals surface area contributed by atoms with Crippen LogP contribution in [0, 0.1) is 11.5 Å². The van der Waals surface area contributed by atoms with Gasteiger partial charge in [0, 0.05) is 31.3 Å². The van der Waals surface area contributed by atoms with Crippen molar-refractivity contribution in [2.75, 3.05) is 5.32 Å². The summed E-state index contributed by atoms with van der Waals surface area (Å²) in [7, 11) is 1.82. The van der Waals surface area contributed by atoms with Crippen molar-refractivity contribution in [2.45, 2.75) is 20.0 Å². The highest BCUT2D eigenvalue weighted by Gasteiger charge is 2.25. The number of aromatic nitrogens is 4. The zero-order valence-corrected chi connectivity index (χ0v) is 11.7. The topological polar surface area (TPSA) is 99.7 Å². The van der Waals surface area contributed by atoms with Gasteiger partial charge in [-0.1, -0.05) is 0 Å². The molecule has 8 nitrogen and oxygen atoms in total. The predicted octanol–water partition coefficient (Wildman–Crippen LogP) is 0.632. The zero-order chi connectivity index (χ0) is 15.0. The number of fused-ring (bicyclic) bond motifs is 1. The number of hydrogen-bond acceptors (Lipinski definition) is 6. The average molecular weight is 283 g/mol. The van der Waals surface area contributed by atoms with Crippen LogP contribution in [-0.4, -0.2) is 30.6 Å². The van der Waals surface area contributed by atoms with Gasteiger partial charge < -0.3 is 4.90 Å². The highest BCUT2D eigenvalue weighted by Crippen LogP contribution is 2.30. The third kappa shape index (κ3) is 2.41. The largest absolute Gasteiger partial charge is 0.300 e. The summed E-state index contributed by atoms with van der Waals surface area (Å²) in [6.07, 6.45) is 5.66. The Bertz CT molecular complexity index is 758. The van der Waals surface area contributed by atoms with Gasteiger partial charge in [-0.3, -0.25) is 14.8 Å². The Hall–Kier alpha value is -2.95. The lowest BCUT2D eigenvalue weighted by molar-refractivity contribution is -0.114. The quantitative estimate of drug-likeness (QED) is 0.811. The summed E-state index contributed by atoms with van der Waals surface area (Å²) in [6.45, 7) is 2.30. The molecule has 8 heteroatoms. The number of rotatable bonds is 2. The first-order chi connectivity index (χ1) is 10.1. The molecule has 0 aromatic carbocycles. The van der Waals surface area contributed by atoms with Gasteiger partial charge in [-0.2, -0.15) is 10.4 Å². The van der Waals surface area contributed by atoms with Crippen LogP contribution < -0.4 is 5.32 Å². The normalized spacial score (nSPS) is 12.9. The minimum absolute atomic E-state index is 0.234. The molecule has 1 aliphatic rings. The fraction of sp³-hybridized carbons (Fsp3) is 0.308. The maximum atomic E-state index is 11.2. The number of anilines is 1. The van der Waals surface area contributed by atoms with E-state index in [0.29, 0.717) is 18.8 Å². The molecule has 0 saturated heterocycles. The van der Waals surface area contributed by atoms with Crippen molar-refractivity contribution in [1.29, 1.82) is 5.26 Å². The first-order valence-corrected chi connectivity index (χ1v) is 6.38. The molecule has 1 amide bonds. The van der Waals surface area contributed by atoms with E-state index >= 15 is 0 Å². The van der Waals surface area contributed by atoms with E-state index < -0.39 is 0 Å². The van der Waals surface area contributed by atoms with Crippen molar-refractivity contribution in [1.82, 2.24) is 24.6 Å². The Kier molecular flexibility index (Phi) is 3.02. The maximum Gasteiger partial charge on any atom is 0.230 e. The summed E-state index contributed by atoms with van der Waals surface area (Å²) in [5.41, 5.74) is 3.20. The second-order valence-electron chi connectivity index (χ2n) is 4.86. The van der Waals surface area contributed by atoms with Crippen LogP contribution in [0.5, 0.6) is 0 Å². The van der Waals surface area contributed by atoms with Crippen molar-refractivity contribution in [2.24, 2.45) is 7.05 Å². The monoisotopic (exact) mass is 283 g/mol. The zero-order valence-electron chi connectivity index (χ0n) is 11.7. The third-order valence-electron chi connectivity index (χ3n) is 3.19. The van der Waals surface area contributed by atoms with Gasteiger partial charge in [0.2, 0.25) is 11.9 Å². The Morgan fingerprint density at radius 2 is 2.24 bits per heavy atom. The van der Waals surface area contributed by atoms with E-state index in [1.165, 1.54) is 6.92 Å².